The van der Waals surface area contributed by atoms with Crippen molar-refractivity contribution >= 4 is 56.5 Å². The number of rotatable bonds is 7. The predicted octanol–water partition coefficient (Wildman–Crippen LogP) is 5.55. The molecule has 0 atom stereocenters. The van der Waals surface area contributed by atoms with Crippen LogP contribution in [0.4, 0.5) is 23.7 Å². The average Bonchev–Trinajstić information content (AvgIpc) is 3.01. The van der Waals surface area contributed by atoms with Crippen molar-refractivity contribution in [2.24, 2.45) is 0 Å². The van der Waals surface area contributed by atoms with Gasteiger partial charge in [-0.1, -0.05) is 6.07 Å². The van der Waals surface area contributed by atoms with Gasteiger partial charge < -0.3 is 14.8 Å². The molecule has 1 N–H and O–H groups in total. The number of hydrogen-bond acceptors (Lipinski definition) is 6. The topological polar surface area (TPSA) is 84.9 Å². The van der Waals surface area contributed by atoms with Crippen LogP contribution in [0.25, 0.3) is 6.08 Å². The van der Waals surface area contributed by atoms with Crippen LogP contribution < -0.4 is 14.8 Å². The molecule has 0 unspecified atom stereocenters. The molecule has 1 heterocycles. The Balaban J connectivity index is 1.75. The van der Waals surface area contributed by atoms with Gasteiger partial charge in [0.25, 0.3) is 11.1 Å². The van der Waals surface area contributed by atoms with Gasteiger partial charge in [-0.25, -0.2) is 0 Å². The Morgan fingerprint density at radius 1 is 1.24 bits per heavy atom. The maximum Gasteiger partial charge on any atom is 0.416 e. The quantitative estimate of drug-likeness (QED) is 0.448. The minimum absolute atomic E-state index is 0.0800. The summed E-state index contributed by atoms with van der Waals surface area (Å²) in [6.45, 7) is 1.54. The summed E-state index contributed by atoms with van der Waals surface area (Å²) in [6.07, 6.45) is -3.10. The molecule has 1 aliphatic heterocycles. The molecule has 0 aromatic heterocycles. The lowest BCUT2D eigenvalue weighted by atomic mass is 10.2. The largest absolute Gasteiger partial charge is 0.492 e. The van der Waals surface area contributed by atoms with E-state index in [1.165, 1.54) is 19.3 Å². The number of amides is 3. The van der Waals surface area contributed by atoms with Gasteiger partial charge in [0.15, 0.2) is 11.5 Å². The van der Waals surface area contributed by atoms with Gasteiger partial charge in [-0.05, 0) is 76.6 Å². The third-order valence-corrected chi connectivity index (χ3v) is 5.98. The molecule has 180 valence electrons. The van der Waals surface area contributed by atoms with Crippen LogP contribution in [0, 0.1) is 0 Å². The second-order valence-corrected chi connectivity index (χ2v) is 8.71. The normalized spacial score (nSPS) is 15.1. The third-order valence-electron chi connectivity index (χ3n) is 4.48. The van der Waals surface area contributed by atoms with Gasteiger partial charge in [0.1, 0.15) is 6.54 Å². The predicted molar refractivity (Wildman–Crippen MR) is 125 cm³/mol. The number of halogens is 4. The second kappa shape index (κ2) is 10.5. The number of nitrogens with one attached hydrogen (secondary N) is 1. The SMILES string of the molecule is CCOc1cc(/C=C2\SC(=O)N(CC(=O)Nc3cccc(C(F)(F)F)c3)C2=O)cc(Br)c1OC. The lowest BCUT2D eigenvalue weighted by Crippen LogP contribution is -2.36. The molecule has 0 saturated carbocycles. The van der Waals surface area contributed by atoms with Gasteiger partial charge in [-0.15, -0.1) is 0 Å². The van der Waals surface area contributed by atoms with Crippen LogP contribution in [-0.4, -0.2) is 42.2 Å². The van der Waals surface area contributed by atoms with E-state index < -0.39 is 35.3 Å². The summed E-state index contributed by atoms with van der Waals surface area (Å²) >= 11 is 4.02. The first-order valence-corrected chi connectivity index (χ1v) is 11.4. The molecule has 0 spiro atoms. The molecule has 34 heavy (non-hydrogen) atoms. The molecule has 12 heteroatoms. The van der Waals surface area contributed by atoms with Crippen LogP contribution in [0.1, 0.15) is 18.1 Å². The molecule has 0 bridgehead atoms. The van der Waals surface area contributed by atoms with Crippen LogP contribution in [0.2, 0.25) is 0 Å². The molecule has 7 nitrogen and oxygen atoms in total. The number of nitrogens with zero attached hydrogens (tertiary/aromatic N) is 1. The Bertz CT molecular complexity index is 1170. The average molecular weight is 559 g/mol. The fraction of sp³-hybridized carbons (Fsp3) is 0.227. The lowest BCUT2D eigenvalue weighted by Gasteiger charge is -2.14. The van der Waals surface area contributed by atoms with E-state index in [1.54, 1.807) is 19.1 Å². The van der Waals surface area contributed by atoms with E-state index in [-0.39, 0.29) is 10.6 Å². The van der Waals surface area contributed by atoms with E-state index in [9.17, 15) is 27.6 Å². The van der Waals surface area contributed by atoms with Crippen LogP contribution in [0.3, 0.4) is 0 Å². The van der Waals surface area contributed by atoms with Gasteiger partial charge in [0.05, 0.1) is 28.7 Å². The molecule has 3 amide bonds. The zero-order valence-electron chi connectivity index (χ0n) is 17.9. The number of thioether (sulfide) groups is 1. The van der Waals surface area contributed by atoms with Crippen molar-refractivity contribution < 1.29 is 37.0 Å². The summed E-state index contributed by atoms with van der Waals surface area (Å²) in [7, 11) is 1.48. The van der Waals surface area contributed by atoms with Crippen molar-refractivity contribution in [3.63, 3.8) is 0 Å². The number of benzene rings is 2. The highest BCUT2D eigenvalue weighted by molar-refractivity contribution is 9.10. The summed E-state index contributed by atoms with van der Waals surface area (Å²) in [4.78, 5) is 38.2. The van der Waals surface area contributed by atoms with Gasteiger partial charge in [-0.2, -0.15) is 13.2 Å². The molecule has 2 aromatic carbocycles. The zero-order valence-corrected chi connectivity index (χ0v) is 20.3. The number of imide groups is 1. The van der Waals surface area contributed by atoms with Crippen LogP contribution in [-0.2, 0) is 15.8 Å². The van der Waals surface area contributed by atoms with E-state index in [2.05, 4.69) is 21.2 Å². The first-order chi connectivity index (χ1) is 16.0. The van der Waals surface area contributed by atoms with Crippen molar-refractivity contribution in [1.29, 1.82) is 0 Å². The first-order valence-electron chi connectivity index (χ1n) is 9.76. The first kappa shape index (κ1) is 25.6. The number of alkyl halides is 3. The highest BCUT2D eigenvalue weighted by Gasteiger charge is 2.36. The van der Waals surface area contributed by atoms with Crippen LogP contribution in [0.5, 0.6) is 11.5 Å². The third kappa shape index (κ3) is 5.92. The molecular formula is C22H18BrF3N2O5S. The monoisotopic (exact) mass is 558 g/mol. The Morgan fingerprint density at radius 2 is 1.97 bits per heavy atom. The zero-order chi connectivity index (χ0) is 25.0. The minimum Gasteiger partial charge on any atom is -0.492 e. The summed E-state index contributed by atoms with van der Waals surface area (Å²) in [6, 6.07) is 7.37. The summed E-state index contributed by atoms with van der Waals surface area (Å²) in [5.41, 5.74) is -0.486. The Kier molecular flexibility index (Phi) is 7.93. The summed E-state index contributed by atoms with van der Waals surface area (Å²) in [5.74, 6) is -0.600. The fourth-order valence-corrected chi connectivity index (χ4v) is 4.50. The van der Waals surface area contributed by atoms with E-state index in [1.807, 2.05) is 0 Å². The van der Waals surface area contributed by atoms with Gasteiger partial charge >= 0.3 is 6.18 Å². The highest BCUT2D eigenvalue weighted by Crippen LogP contribution is 2.39. The van der Waals surface area contributed by atoms with Crippen LogP contribution >= 0.6 is 27.7 Å². The molecular weight excluding hydrogens is 541 g/mol. The Labute approximate surface area is 205 Å². The van der Waals surface area contributed by atoms with Gasteiger partial charge in [0.2, 0.25) is 5.91 Å². The van der Waals surface area contributed by atoms with Gasteiger partial charge in [0, 0.05) is 5.69 Å². The number of carbonyl (C=O) groups is 3. The lowest BCUT2D eigenvalue weighted by molar-refractivity contribution is -0.137. The molecule has 0 radical (unpaired) electrons. The number of carbonyl (C=O) groups excluding carboxylic acids is 3. The van der Waals surface area contributed by atoms with E-state index in [0.29, 0.717) is 39.9 Å². The number of ether oxygens (including phenoxy) is 2. The van der Waals surface area contributed by atoms with Crippen molar-refractivity contribution in [2.75, 3.05) is 25.6 Å². The van der Waals surface area contributed by atoms with E-state index in [0.717, 1.165) is 23.1 Å². The summed E-state index contributed by atoms with van der Waals surface area (Å²) < 4.78 is 50.0. The van der Waals surface area contributed by atoms with Crippen molar-refractivity contribution in [1.82, 2.24) is 4.90 Å². The minimum atomic E-state index is -4.57. The maximum atomic E-state index is 12.9. The summed E-state index contributed by atoms with van der Waals surface area (Å²) in [5, 5.41) is 1.61. The molecule has 1 aliphatic rings. The van der Waals surface area contributed by atoms with E-state index >= 15 is 0 Å². The molecule has 1 saturated heterocycles. The molecule has 0 aliphatic carbocycles. The fourth-order valence-electron chi connectivity index (χ4n) is 3.04. The molecule has 3 rings (SSSR count). The Morgan fingerprint density at radius 3 is 2.62 bits per heavy atom. The number of hydrogen-bond donors (Lipinski definition) is 1. The number of anilines is 1. The second-order valence-electron chi connectivity index (χ2n) is 6.86. The standard InChI is InChI=1S/C22H18BrF3N2O5S/c1-3-33-16-8-12(7-15(23)19(16)32-2)9-17-20(30)28(21(31)34-17)11-18(29)27-14-6-4-5-13(10-14)22(24,25)26/h4-10H,3,11H2,1-2H3,(H,27,29)/b17-9-. The smallest absolute Gasteiger partial charge is 0.416 e. The molecule has 2 aromatic rings. The maximum absolute atomic E-state index is 12.9. The van der Waals surface area contributed by atoms with E-state index in [4.69, 9.17) is 9.47 Å². The van der Waals surface area contributed by atoms with Crippen LogP contribution in [0.15, 0.2) is 45.8 Å². The van der Waals surface area contributed by atoms with Gasteiger partial charge in [-0.3, -0.25) is 19.3 Å². The van der Waals surface area contributed by atoms with Crippen molar-refractivity contribution in [3.8, 4) is 11.5 Å². The highest BCUT2D eigenvalue weighted by atomic mass is 79.9. The molecule has 1 fully saturated rings. The Hall–Kier alpha value is -2.99. The van der Waals surface area contributed by atoms with Crippen molar-refractivity contribution in [3.05, 3.63) is 56.9 Å². The number of methoxy groups -OCH3 is 1. The van der Waals surface area contributed by atoms with Crippen molar-refractivity contribution in [2.45, 2.75) is 13.1 Å².